The highest BCUT2D eigenvalue weighted by Crippen LogP contribution is 2.33. The second kappa shape index (κ2) is 6.59. The molecule has 0 bridgehead atoms. The van der Waals surface area contributed by atoms with Crippen molar-refractivity contribution in [2.45, 2.75) is 31.1 Å². The molecule has 2 aliphatic rings. The Hall–Kier alpha value is -2.06. The number of imidazole rings is 1. The first-order valence-electron chi connectivity index (χ1n) is 9.12. The van der Waals surface area contributed by atoms with Crippen LogP contribution in [-0.4, -0.2) is 44.3 Å². The summed E-state index contributed by atoms with van der Waals surface area (Å²) in [6, 6.07) is 7.10. The SMILES string of the molecule is Cc1ccccc1S(=O)(=O)N1CCc2c1ncn2N1CCC(CN)CC1. The lowest BCUT2D eigenvalue weighted by Crippen LogP contribution is -2.43. The molecule has 2 N–H and O–H groups in total. The summed E-state index contributed by atoms with van der Waals surface area (Å²) in [6.07, 6.45) is 4.56. The maximum atomic E-state index is 13.1. The average molecular weight is 375 g/mol. The predicted octanol–water partition coefficient (Wildman–Crippen LogP) is 1.25. The van der Waals surface area contributed by atoms with Crippen molar-refractivity contribution in [2.75, 3.05) is 35.5 Å². The van der Waals surface area contributed by atoms with Crippen LogP contribution in [0.2, 0.25) is 0 Å². The number of nitrogens with two attached hydrogens (primary N) is 1. The standard InChI is InChI=1S/C18H25N5O2S/c1-14-4-2-3-5-17(14)26(24,25)23-11-8-16-18(23)20-13-22(16)21-9-6-15(12-19)7-10-21/h2-5,13,15H,6-12,19H2,1H3. The van der Waals surface area contributed by atoms with Crippen molar-refractivity contribution in [1.29, 1.82) is 0 Å². The molecule has 1 saturated heterocycles. The van der Waals surface area contributed by atoms with Crippen molar-refractivity contribution in [3.63, 3.8) is 0 Å². The number of rotatable bonds is 4. The molecule has 1 fully saturated rings. The first kappa shape index (κ1) is 17.4. The summed E-state index contributed by atoms with van der Waals surface area (Å²) in [5, 5.41) is 2.25. The van der Waals surface area contributed by atoms with Gasteiger partial charge in [0.05, 0.1) is 10.6 Å². The van der Waals surface area contributed by atoms with E-state index in [9.17, 15) is 8.42 Å². The molecule has 0 aliphatic carbocycles. The number of fused-ring (bicyclic) bond motifs is 1. The normalized spacial score (nSPS) is 18.4. The van der Waals surface area contributed by atoms with E-state index >= 15 is 0 Å². The summed E-state index contributed by atoms with van der Waals surface area (Å²) >= 11 is 0. The molecule has 140 valence electrons. The van der Waals surface area contributed by atoms with Crippen LogP contribution in [0.5, 0.6) is 0 Å². The lowest BCUT2D eigenvalue weighted by Gasteiger charge is -2.34. The van der Waals surface area contributed by atoms with Crippen molar-refractivity contribution in [1.82, 2.24) is 9.66 Å². The number of anilines is 1. The van der Waals surface area contributed by atoms with Crippen LogP contribution >= 0.6 is 0 Å². The highest BCUT2D eigenvalue weighted by Gasteiger charge is 2.36. The van der Waals surface area contributed by atoms with Crippen LogP contribution in [0.25, 0.3) is 0 Å². The Bertz CT molecular complexity index is 900. The van der Waals surface area contributed by atoms with Crippen LogP contribution in [0.3, 0.4) is 0 Å². The molecule has 3 heterocycles. The molecule has 4 rings (SSSR count). The Kier molecular flexibility index (Phi) is 4.40. The van der Waals surface area contributed by atoms with Gasteiger partial charge < -0.3 is 10.7 Å². The van der Waals surface area contributed by atoms with Crippen LogP contribution in [0.4, 0.5) is 5.82 Å². The predicted molar refractivity (Wildman–Crippen MR) is 101 cm³/mol. The minimum Gasteiger partial charge on any atom is -0.330 e. The first-order valence-corrected chi connectivity index (χ1v) is 10.6. The number of aromatic nitrogens is 2. The maximum Gasteiger partial charge on any atom is 0.265 e. The molecule has 2 aromatic rings. The molecule has 26 heavy (non-hydrogen) atoms. The fraction of sp³-hybridized carbons (Fsp3) is 0.500. The molecule has 0 spiro atoms. The minimum absolute atomic E-state index is 0.353. The number of aryl methyl sites for hydroxylation is 1. The second-order valence-corrected chi connectivity index (χ2v) is 8.92. The van der Waals surface area contributed by atoms with Gasteiger partial charge in [0.2, 0.25) is 0 Å². The zero-order valence-corrected chi connectivity index (χ0v) is 15.8. The van der Waals surface area contributed by atoms with Gasteiger partial charge in [-0.15, -0.1) is 0 Å². The van der Waals surface area contributed by atoms with Crippen LogP contribution in [0, 0.1) is 12.8 Å². The van der Waals surface area contributed by atoms with Crippen molar-refractivity contribution < 1.29 is 8.42 Å². The Balaban J connectivity index is 1.62. The summed E-state index contributed by atoms with van der Waals surface area (Å²) < 4.78 is 29.8. The van der Waals surface area contributed by atoms with Gasteiger partial charge in [-0.25, -0.2) is 22.4 Å². The van der Waals surface area contributed by atoms with Gasteiger partial charge in [0, 0.05) is 26.1 Å². The first-order chi connectivity index (χ1) is 12.5. The van der Waals surface area contributed by atoms with E-state index in [2.05, 4.69) is 14.7 Å². The molecule has 1 aromatic heterocycles. The van der Waals surface area contributed by atoms with E-state index in [4.69, 9.17) is 5.73 Å². The minimum atomic E-state index is -3.59. The van der Waals surface area contributed by atoms with E-state index < -0.39 is 10.0 Å². The number of benzene rings is 1. The zero-order chi connectivity index (χ0) is 18.3. The maximum absolute atomic E-state index is 13.1. The van der Waals surface area contributed by atoms with Gasteiger partial charge in [-0.2, -0.15) is 0 Å². The lowest BCUT2D eigenvalue weighted by atomic mass is 9.98. The van der Waals surface area contributed by atoms with Crippen LogP contribution < -0.4 is 15.0 Å². The van der Waals surface area contributed by atoms with Gasteiger partial charge in [0.1, 0.15) is 6.33 Å². The zero-order valence-electron chi connectivity index (χ0n) is 15.0. The summed E-state index contributed by atoms with van der Waals surface area (Å²) in [4.78, 5) is 4.81. The van der Waals surface area contributed by atoms with Gasteiger partial charge in [0.15, 0.2) is 5.82 Å². The molecular weight excluding hydrogens is 350 g/mol. The third-order valence-corrected chi connectivity index (χ3v) is 7.45. The Morgan fingerprint density at radius 3 is 2.62 bits per heavy atom. The van der Waals surface area contributed by atoms with E-state index in [1.165, 1.54) is 4.31 Å². The summed E-state index contributed by atoms with van der Waals surface area (Å²) in [5.41, 5.74) is 7.51. The van der Waals surface area contributed by atoms with E-state index in [1.807, 2.05) is 19.1 Å². The molecule has 0 atom stereocenters. The number of nitrogens with zero attached hydrogens (tertiary/aromatic N) is 4. The highest BCUT2D eigenvalue weighted by molar-refractivity contribution is 7.92. The molecule has 0 radical (unpaired) electrons. The molecule has 0 saturated carbocycles. The van der Waals surface area contributed by atoms with E-state index in [0.717, 1.165) is 43.7 Å². The number of hydrogen-bond acceptors (Lipinski definition) is 5. The summed E-state index contributed by atoms with van der Waals surface area (Å²) in [5.74, 6) is 1.15. The van der Waals surface area contributed by atoms with Crippen LogP contribution in [0.15, 0.2) is 35.5 Å². The van der Waals surface area contributed by atoms with Gasteiger partial charge in [-0.3, -0.25) is 0 Å². The topological polar surface area (TPSA) is 84.5 Å². The van der Waals surface area contributed by atoms with Crippen LogP contribution in [0.1, 0.15) is 24.1 Å². The molecule has 0 unspecified atom stereocenters. The third-order valence-electron chi connectivity index (χ3n) is 5.50. The quantitative estimate of drug-likeness (QED) is 0.869. The Morgan fingerprint density at radius 1 is 1.19 bits per heavy atom. The van der Waals surface area contributed by atoms with Gasteiger partial charge >= 0.3 is 0 Å². The molecular formula is C18H25N5O2S. The number of piperidine rings is 1. The highest BCUT2D eigenvalue weighted by atomic mass is 32.2. The van der Waals surface area contributed by atoms with Gasteiger partial charge in [-0.05, 0) is 43.9 Å². The molecule has 7 nitrogen and oxygen atoms in total. The molecule has 1 aromatic carbocycles. The lowest BCUT2D eigenvalue weighted by molar-refractivity contribution is 0.367. The van der Waals surface area contributed by atoms with E-state index in [1.54, 1.807) is 18.5 Å². The van der Waals surface area contributed by atoms with Crippen molar-refractivity contribution >= 4 is 15.8 Å². The van der Waals surface area contributed by atoms with Gasteiger partial charge in [-0.1, -0.05) is 18.2 Å². The smallest absolute Gasteiger partial charge is 0.265 e. The molecule has 2 aliphatic heterocycles. The monoisotopic (exact) mass is 375 g/mol. The Labute approximate surface area is 154 Å². The molecule has 8 heteroatoms. The molecule has 0 amide bonds. The summed E-state index contributed by atoms with van der Waals surface area (Å²) in [7, 11) is -3.59. The van der Waals surface area contributed by atoms with E-state index in [0.29, 0.717) is 29.6 Å². The third kappa shape index (κ3) is 2.77. The fourth-order valence-corrected chi connectivity index (χ4v) is 5.59. The van der Waals surface area contributed by atoms with Crippen molar-refractivity contribution in [3.8, 4) is 0 Å². The van der Waals surface area contributed by atoms with Crippen molar-refractivity contribution in [3.05, 3.63) is 41.9 Å². The van der Waals surface area contributed by atoms with Crippen LogP contribution in [-0.2, 0) is 16.4 Å². The Morgan fingerprint density at radius 2 is 1.92 bits per heavy atom. The summed E-state index contributed by atoms with van der Waals surface area (Å²) in [6.45, 7) is 4.85. The largest absolute Gasteiger partial charge is 0.330 e. The van der Waals surface area contributed by atoms with E-state index in [-0.39, 0.29) is 0 Å². The average Bonchev–Trinajstić information content (AvgIpc) is 3.24. The fourth-order valence-electron chi connectivity index (χ4n) is 3.92. The number of sulfonamides is 1. The number of hydrogen-bond donors (Lipinski definition) is 1. The second-order valence-electron chi connectivity index (χ2n) is 7.08. The van der Waals surface area contributed by atoms with Crippen molar-refractivity contribution in [2.24, 2.45) is 11.7 Å². The van der Waals surface area contributed by atoms with Gasteiger partial charge in [0.25, 0.3) is 10.0 Å².